The number of hydrogen-bond donors (Lipinski definition) is 2. The molecule has 1 heterocycles. The Hall–Kier alpha value is -2.34. The van der Waals surface area contributed by atoms with Crippen LogP contribution in [-0.4, -0.2) is 27.2 Å². The van der Waals surface area contributed by atoms with Crippen LogP contribution in [0.2, 0.25) is 0 Å². The second-order valence-electron chi connectivity index (χ2n) is 5.85. The zero-order valence-electron chi connectivity index (χ0n) is 14.5. The van der Waals surface area contributed by atoms with Gasteiger partial charge in [0.1, 0.15) is 11.6 Å². The first-order valence-corrected chi connectivity index (χ1v) is 8.22. The van der Waals surface area contributed by atoms with Gasteiger partial charge >= 0.3 is 0 Å². The maximum atomic E-state index is 12.2. The minimum absolute atomic E-state index is 0.0774. The largest absolute Gasteiger partial charge is 0.494 e. The van der Waals surface area contributed by atoms with E-state index in [0.717, 1.165) is 5.82 Å². The molecule has 0 aliphatic heterocycles. The molecule has 0 radical (unpaired) electrons. The van der Waals surface area contributed by atoms with Crippen LogP contribution in [0, 0.1) is 0 Å². The molecule has 0 bridgehead atoms. The predicted molar refractivity (Wildman–Crippen MR) is 93.1 cm³/mol. The second kappa shape index (κ2) is 8.49. The van der Waals surface area contributed by atoms with E-state index in [9.17, 15) is 9.90 Å². The molecule has 0 saturated carbocycles. The normalized spacial score (nSPS) is 10.9. The molecule has 0 spiro atoms. The number of aryl methyl sites for hydroxylation is 1. The Morgan fingerprint density at radius 1 is 1.42 bits per heavy atom. The molecule has 6 heteroatoms. The molecule has 2 N–H and O–H groups in total. The van der Waals surface area contributed by atoms with E-state index >= 15 is 0 Å². The number of ether oxygens (including phenoxy) is 1. The molecular formula is C18H25N3O3. The summed E-state index contributed by atoms with van der Waals surface area (Å²) in [7, 11) is 0. The molecule has 0 unspecified atom stereocenters. The molecule has 2 aromatic rings. The summed E-state index contributed by atoms with van der Waals surface area (Å²) >= 11 is 0. The zero-order chi connectivity index (χ0) is 17.5. The van der Waals surface area contributed by atoms with Crippen molar-refractivity contribution >= 4 is 11.6 Å². The minimum atomic E-state index is -0.133. The first-order chi connectivity index (χ1) is 11.5. The van der Waals surface area contributed by atoms with Gasteiger partial charge in [-0.15, -0.1) is 0 Å². The quantitative estimate of drug-likeness (QED) is 0.780. The highest BCUT2D eigenvalue weighted by atomic mass is 16.5. The minimum Gasteiger partial charge on any atom is -0.494 e. The predicted octanol–water partition coefficient (Wildman–Crippen LogP) is 2.93. The van der Waals surface area contributed by atoms with E-state index in [-0.39, 0.29) is 12.5 Å². The average Bonchev–Trinajstić information content (AvgIpc) is 3.03. The Kier molecular flexibility index (Phi) is 6.37. The number of aliphatic hydroxyl groups is 1. The lowest BCUT2D eigenvalue weighted by Gasteiger charge is -2.12. The molecule has 1 aromatic carbocycles. The summed E-state index contributed by atoms with van der Waals surface area (Å²) < 4.78 is 7.44. The summed E-state index contributed by atoms with van der Waals surface area (Å²) in [5, 5.41) is 12.3. The van der Waals surface area contributed by atoms with Crippen molar-refractivity contribution in [1.29, 1.82) is 0 Å². The first kappa shape index (κ1) is 18.0. The molecule has 6 nitrogen and oxygen atoms in total. The summed E-state index contributed by atoms with van der Waals surface area (Å²) in [5.41, 5.74) is 1.31. The number of rotatable bonds is 8. The number of benzene rings is 1. The van der Waals surface area contributed by atoms with Crippen LogP contribution < -0.4 is 10.1 Å². The molecular weight excluding hydrogens is 306 g/mol. The highest BCUT2D eigenvalue weighted by molar-refractivity contribution is 5.90. The fourth-order valence-corrected chi connectivity index (χ4v) is 2.53. The van der Waals surface area contributed by atoms with Gasteiger partial charge in [0.15, 0.2) is 0 Å². The van der Waals surface area contributed by atoms with Gasteiger partial charge in [0, 0.05) is 42.5 Å². The van der Waals surface area contributed by atoms with Gasteiger partial charge in [-0.2, -0.15) is 0 Å². The van der Waals surface area contributed by atoms with Gasteiger partial charge < -0.3 is 19.7 Å². The number of nitrogens with zero attached hydrogens (tertiary/aromatic N) is 2. The van der Waals surface area contributed by atoms with Gasteiger partial charge in [0.05, 0.1) is 13.2 Å². The standard InChI is InChI=1S/C18H25N3O3/c1-4-24-16-6-5-15(11-14(16)12-22)20-17(23)7-9-21-10-8-19-18(21)13(2)3/h5-6,8,10-11,13,22H,4,7,9,12H2,1-3H3,(H,20,23). The van der Waals surface area contributed by atoms with Gasteiger partial charge in [0.2, 0.25) is 5.91 Å². The van der Waals surface area contributed by atoms with Crippen molar-refractivity contribution in [2.24, 2.45) is 0 Å². The lowest BCUT2D eigenvalue weighted by Crippen LogP contribution is -2.16. The van der Waals surface area contributed by atoms with Crippen LogP contribution in [0.4, 0.5) is 5.69 Å². The number of imidazole rings is 1. The third-order valence-corrected chi connectivity index (χ3v) is 3.66. The van der Waals surface area contributed by atoms with Crippen molar-refractivity contribution in [3.8, 4) is 5.75 Å². The molecule has 2 rings (SSSR count). The van der Waals surface area contributed by atoms with Crippen LogP contribution in [0.25, 0.3) is 0 Å². The van der Waals surface area contributed by atoms with Crippen LogP contribution in [0.3, 0.4) is 0 Å². The molecule has 1 aromatic heterocycles. The van der Waals surface area contributed by atoms with E-state index < -0.39 is 0 Å². The second-order valence-corrected chi connectivity index (χ2v) is 5.85. The van der Waals surface area contributed by atoms with Crippen molar-refractivity contribution in [1.82, 2.24) is 9.55 Å². The number of carbonyl (C=O) groups is 1. The Labute approximate surface area is 142 Å². The molecule has 0 aliphatic rings. The monoisotopic (exact) mass is 331 g/mol. The van der Waals surface area contributed by atoms with Gasteiger partial charge in [-0.25, -0.2) is 4.98 Å². The fraction of sp³-hybridized carbons (Fsp3) is 0.444. The van der Waals surface area contributed by atoms with Gasteiger partial charge in [-0.1, -0.05) is 13.8 Å². The van der Waals surface area contributed by atoms with Crippen molar-refractivity contribution in [3.63, 3.8) is 0 Å². The van der Waals surface area contributed by atoms with Crippen LogP contribution in [0.1, 0.15) is 44.5 Å². The topological polar surface area (TPSA) is 76.4 Å². The lowest BCUT2D eigenvalue weighted by molar-refractivity contribution is -0.116. The fourth-order valence-electron chi connectivity index (χ4n) is 2.53. The third kappa shape index (κ3) is 4.58. The summed E-state index contributed by atoms with van der Waals surface area (Å²) in [5.74, 6) is 1.86. The highest BCUT2D eigenvalue weighted by Crippen LogP contribution is 2.23. The average molecular weight is 331 g/mol. The van der Waals surface area contributed by atoms with Crippen LogP contribution in [-0.2, 0) is 17.9 Å². The van der Waals surface area contributed by atoms with E-state index in [2.05, 4.69) is 24.1 Å². The summed E-state index contributed by atoms with van der Waals surface area (Å²) in [4.78, 5) is 16.5. The van der Waals surface area contributed by atoms with E-state index in [1.165, 1.54) is 0 Å². The van der Waals surface area contributed by atoms with Crippen LogP contribution in [0.15, 0.2) is 30.6 Å². The van der Waals surface area contributed by atoms with Crippen molar-refractivity contribution in [2.75, 3.05) is 11.9 Å². The summed E-state index contributed by atoms with van der Waals surface area (Å²) in [6.07, 6.45) is 4.01. The van der Waals surface area contributed by atoms with E-state index in [1.807, 2.05) is 17.7 Å². The first-order valence-electron chi connectivity index (χ1n) is 8.22. The molecule has 1 amide bonds. The third-order valence-electron chi connectivity index (χ3n) is 3.66. The molecule has 24 heavy (non-hydrogen) atoms. The molecule has 130 valence electrons. The zero-order valence-corrected chi connectivity index (χ0v) is 14.5. The number of aromatic nitrogens is 2. The number of anilines is 1. The van der Waals surface area contributed by atoms with Gasteiger partial charge in [-0.3, -0.25) is 4.79 Å². The number of nitrogens with one attached hydrogen (secondary N) is 1. The Morgan fingerprint density at radius 2 is 2.21 bits per heavy atom. The number of hydrogen-bond acceptors (Lipinski definition) is 4. The van der Waals surface area contributed by atoms with E-state index in [1.54, 1.807) is 24.4 Å². The summed E-state index contributed by atoms with van der Waals surface area (Å²) in [6.45, 7) is 7.03. The van der Waals surface area contributed by atoms with Gasteiger partial charge in [0.25, 0.3) is 0 Å². The number of carbonyl (C=O) groups excluding carboxylic acids is 1. The van der Waals surface area contributed by atoms with E-state index in [0.29, 0.717) is 42.5 Å². The number of aliphatic hydroxyl groups excluding tert-OH is 1. The molecule has 0 atom stereocenters. The lowest BCUT2D eigenvalue weighted by atomic mass is 10.2. The van der Waals surface area contributed by atoms with Crippen molar-refractivity contribution < 1.29 is 14.6 Å². The van der Waals surface area contributed by atoms with Crippen molar-refractivity contribution in [2.45, 2.75) is 46.3 Å². The summed E-state index contributed by atoms with van der Waals surface area (Å²) in [6, 6.07) is 5.27. The van der Waals surface area contributed by atoms with E-state index in [4.69, 9.17) is 4.74 Å². The van der Waals surface area contributed by atoms with Crippen LogP contribution >= 0.6 is 0 Å². The smallest absolute Gasteiger partial charge is 0.226 e. The van der Waals surface area contributed by atoms with Crippen molar-refractivity contribution in [3.05, 3.63) is 42.0 Å². The molecule has 0 aliphatic carbocycles. The molecule has 0 saturated heterocycles. The maximum Gasteiger partial charge on any atom is 0.226 e. The Morgan fingerprint density at radius 3 is 2.88 bits per heavy atom. The molecule has 0 fully saturated rings. The highest BCUT2D eigenvalue weighted by Gasteiger charge is 2.10. The Balaban J connectivity index is 1.96. The Bertz CT molecular complexity index is 680. The number of amides is 1. The maximum absolute atomic E-state index is 12.2. The van der Waals surface area contributed by atoms with Gasteiger partial charge in [-0.05, 0) is 25.1 Å². The van der Waals surface area contributed by atoms with Crippen LogP contribution in [0.5, 0.6) is 5.75 Å². The SMILES string of the molecule is CCOc1ccc(NC(=O)CCn2ccnc2C(C)C)cc1CO.